The molecule has 7 nitrogen and oxygen atoms in total. The maximum Gasteiger partial charge on any atom is 0.433 e. The van der Waals surface area contributed by atoms with E-state index in [-0.39, 0.29) is 42.1 Å². The maximum absolute atomic E-state index is 12.9. The summed E-state index contributed by atoms with van der Waals surface area (Å²) in [4.78, 5) is 34.1. The minimum absolute atomic E-state index is 0.100. The van der Waals surface area contributed by atoms with E-state index in [1.54, 1.807) is 0 Å². The molecule has 1 aromatic heterocycles. The van der Waals surface area contributed by atoms with Gasteiger partial charge in [0.05, 0.1) is 5.41 Å². The summed E-state index contributed by atoms with van der Waals surface area (Å²) < 4.78 is 44.7. The molecule has 6 rings (SSSR count). The highest BCUT2D eigenvalue weighted by Gasteiger charge is 2.59. The number of aromatic nitrogens is 2. The molecule has 6 atom stereocenters. The third-order valence-electron chi connectivity index (χ3n) is 7.72. The number of nitrogens with zero attached hydrogens (tertiary/aromatic N) is 3. The third kappa shape index (κ3) is 3.53. The number of halogens is 3. The van der Waals surface area contributed by atoms with Gasteiger partial charge >= 0.3 is 12.3 Å². The van der Waals surface area contributed by atoms with Crippen molar-refractivity contribution in [3.8, 4) is 0 Å². The van der Waals surface area contributed by atoms with Crippen molar-refractivity contribution in [2.45, 2.75) is 56.7 Å². The summed E-state index contributed by atoms with van der Waals surface area (Å²) in [7, 11) is 0. The number of carbonyl (C=O) groups excluding carboxylic acids is 2. The molecule has 2 amide bonds. The fourth-order valence-corrected chi connectivity index (χ4v) is 6.53. The Kier molecular flexibility index (Phi) is 4.67. The van der Waals surface area contributed by atoms with Gasteiger partial charge in [-0.15, -0.1) is 0 Å². The lowest BCUT2D eigenvalue weighted by atomic mass is 9.48. The predicted molar refractivity (Wildman–Crippen MR) is 101 cm³/mol. The molecule has 168 valence electrons. The number of carbonyl (C=O) groups is 2. The highest BCUT2D eigenvalue weighted by molar-refractivity contribution is 5.81. The molecule has 4 aliphatic carbocycles. The van der Waals surface area contributed by atoms with E-state index in [1.165, 1.54) is 4.90 Å². The van der Waals surface area contributed by atoms with E-state index < -0.39 is 23.4 Å². The van der Waals surface area contributed by atoms with Gasteiger partial charge in [0.25, 0.3) is 0 Å². The summed E-state index contributed by atoms with van der Waals surface area (Å²) in [6.07, 6.45) is 0.490. The van der Waals surface area contributed by atoms with Crippen molar-refractivity contribution >= 4 is 12.0 Å². The second kappa shape index (κ2) is 7.06. The fraction of sp³-hybridized carbons (Fsp3) is 0.714. The second-order valence-corrected chi connectivity index (χ2v) is 9.69. The van der Waals surface area contributed by atoms with Crippen molar-refractivity contribution in [3.63, 3.8) is 0 Å². The van der Waals surface area contributed by atoms with Gasteiger partial charge in [0.1, 0.15) is 17.6 Å². The van der Waals surface area contributed by atoms with Crippen LogP contribution in [0.2, 0.25) is 0 Å². The molecule has 1 aromatic rings. The van der Waals surface area contributed by atoms with Crippen molar-refractivity contribution < 1.29 is 27.5 Å². The van der Waals surface area contributed by atoms with Gasteiger partial charge < -0.3 is 15.4 Å². The number of primary amides is 1. The zero-order valence-electron chi connectivity index (χ0n) is 17.0. The van der Waals surface area contributed by atoms with Crippen molar-refractivity contribution in [3.05, 3.63) is 23.8 Å². The van der Waals surface area contributed by atoms with Crippen LogP contribution in [-0.2, 0) is 15.7 Å². The van der Waals surface area contributed by atoms with E-state index >= 15 is 0 Å². The van der Waals surface area contributed by atoms with Gasteiger partial charge in [-0.25, -0.2) is 14.8 Å². The molecule has 0 radical (unpaired) electrons. The molecule has 4 bridgehead atoms. The number of likely N-dealkylation sites (tertiary alicyclic amines) is 1. The Morgan fingerprint density at radius 1 is 1.19 bits per heavy atom. The summed E-state index contributed by atoms with van der Waals surface area (Å²) in [5, 5.41) is 0. The van der Waals surface area contributed by atoms with Gasteiger partial charge in [-0.1, -0.05) is 0 Å². The van der Waals surface area contributed by atoms with Crippen LogP contribution in [0.4, 0.5) is 18.0 Å². The van der Waals surface area contributed by atoms with E-state index in [9.17, 15) is 22.8 Å². The van der Waals surface area contributed by atoms with Gasteiger partial charge in [-0.3, -0.25) is 4.79 Å². The van der Waals surface area contributed by atoms with Crippen LogP contribution in [0.3, 0.4) is 0 Å². The van der Waals surface area contributed by atoms with Crippen LogP contribution < -0.4 is 5.73 Å². The molecule has 1 saturated heterocycles. The number of hydrogen-bond donors (Lipinski definition) is 1. The van der Waals surface area contributed by atoms with Gasteiger partial charge in [-0.2, -0.15) is 13.2 Å². The number of rotatable bonds is 3. The second-order valence-electron chi connectivity index (χ2n) is 9.69. The molecule has 5 aliphatic rings. The molecule has 4 unspecified atom stereocenters. The molecule has 0 spiro atoms. The first kappa shape index (κ1) is 20.5. The van der Waals surface area contributed by atoms with Crippen molar-refractivity contribution in [2.24, 2.45) is 28.9 Å². The normalized spacial score (nSPS) is 36.6. The molecule has 0 aromatic carbocycles. The summed E-state index contributed by atoms with van der Waals surface area (Å²) in [6.45, 7) is 0.620. The molecule has 2 heterocycles. The number of amides is 2. The van der Waals surface area contributed by atoms with Crippen LogP contribution in [0.15, 0.2) is 12.3 Å². The van der Waals surface area contributed by atoms with Crippen molar-refractivity contribution in [1.29, 1.82) is 0 Å². The average Bonchev–Trinajstić information content (AvgIpc) is 3.20. The molecule has 2 N–H and O–H groups in total. The van der Waals surface area contributed by atoms with Crippen molar-refractivity contribution in [2.75, 3.05) is 13.1 Å². The van der Waals surface area contributed by atoms with Gasteiger partial charge in [-0.05, 0) is 62.3 Å². The lowest BCUT2D eigenvalue weighted by Crippen LogP contribution is -2.59. The van der Waals surface area contributed by atoms with Crippen LogP contribution in [0.25, 0.3) is 0 Å². The summed E-state index contributed by atoms with van der Waals surface area (Å²) in [5.41, 5.74) is 4.29. The number of hydrogen-bond acceptors (Lipinski definition) is 5. The number of ether oxygens (including phenoxy) is 1. The van der Waals surface area contributed by atoms with E-state index in [0.29, 0.717) is 31.7 Å². The van der Waals surface area contributed by atoms with Crippen molar-refractivity contribution in [1.82, 2.24) is 14.9 Å². The monoisotopic (exact) mass is 438 g/mol. The first-order valence-electron chi connectivity index (χ1n) is 10.8. The Hall–Kier alpha value is -2.39. The molecule has 5 fully saturated rings. The quantitative estimate of drug-likeness (QED) is 0.782. The molecule has 31 heavy (non-hydrogen) atoms. The fourth-order valence-electron chi connectivity index (χ4n) is 6.53. The smallest absolute Gasteiger partial charge is 0.433 e. The van der Waals surface area contributed by atoms with Gasteiger partial charge in [0.2, 0.25) is 5.91 Å². The Morgan fingerprint density at radius 2 is 1.90 bits per heavy atom. The van der Waals surface area contributed by atoms with Crippen LogP contribution in [-0.4, -0.2) is 46.1 Å². The topological polar surface area (TPSA) is 98.4 Å². The molecular formula is C21H25F3N4O3. The largest absolute Gasteiger partial charge is 0.446 e. The zero-order chi connectivity index (χ0) is 22.0. The van der Waals surface area contributed by atoms with E-state index in [2.05, 4.69) is 9.97 Å². The molecular weight excluding hydrogens is 413 g/mol. The predicted octanol–water partition coefficient (Wildman–Crippen LogP) is 3.10. The van der Waals surface area contributed by atoms with E-state index in [4.69, 9.17) is 10.5 Å². The third-order valence-corrected chi connectivity index (χ3v) is 7.72. The standard InChI is InChI=1S/C21H25F3N4O3/c22-21(23,24)15-1-3-26-17(27-15)12-2-4-28(10-12)19(30)31-16-13-5-11-6-14(16)9-20(7-11,8-13)18(25)29/h1,3,11-14,16H,2,4-10H2,(H2,25,29)/t11?,12?,13-,14?,16?,20+/m1/s1. The Bertz CT molecular complexity index is 892. The summed E-state index contributed by atoms with van der Waals surface area (Å²) in [6, 6.07) is 0.843. The van der Waals surface area contributed by atoms with Gasteiger partial charge in [0.15, 0.2) is 0 Å². The highest BCUT2D eigenvalue weighted by Crippen LogP contribution is 2.60. The lowest BCUT2D eigenvalue weighted by molar-refractivity contribution is -0.161. The SMILES string of the molecule is NC(=O)[C@]12CC3CC(C1)C(OC(=O)N1CCC(c4nccc(C(F)(F)F)n4)C1)[C@H](C3)C2. The number of alkyl halides is 3. The van der Waals surface area contributed by atoms with E-state index in [0.717, 1.165) is 31.5 Å². The van der Waals surface area contributed by atoms with Crippen LogP contribution in [0, 0.1) is 23.2 Å². The molecule has 4 saturated carbocycles. The maximum atomic E-state index is 12.9. The zero-order valence-corrected chi connectivity index (χ0v) is 17.0. The van der Waals surface area contributed by atoms with Crippen LogP contribution >= 0.6 is 0 Å². The Morgan fingerprint density at radius 3 is 2.55 bits per heavy atom. The Labute approximate surface area is 177 Å². The molecule has 1 aliphatic heterocycles. The van der Waals surface area contributed by atoms with E-state index in [1.807, 2.05) is 0 Å². The molecule has 10 heteroatoms. The Balaban J connectivity index is 1.23. The van der Waals surface area contributed by atoms with Crippen LogP contribution in [0.5, 0.6) is 0 Å². The average molecular weight is 438 g/mol. The lowest BCUT2D eigenvalue weighted by Gasteiger charge is -2.58. The highest BCUT2D eigenvalue weighted by atomic mass is 19.4. The first-order valence-corrected chi connectivity index (χ1v) is 10.8. The van der Waals surface area contributed by atoms with Crippen LogP contribution in [0.1, 0.15) is 56.0 Å². The number of nitrogens with two attached hydrogens (primary N) is 1. The summed E-state index contributed by atoms with van der Waals surface area (Å²) >= 11 is 0. The van der Waals surface area contributed by atoms with Gasteiger partial charge in [0, 0.05) is 25.2 Å². The summed E-state index contributed by atoms with van der Waals surface area (Å²) in [5.74, 6) is 0.268. The minimum Gasteiger partial charge on any atom is -0.446 e. The first-order chi connectivity index (χ1) is 14.6. The minimum atomic E-state index is -4.53.